The van der Waals surface area contributed by atoms with Crippen molar-refractivity contribution in [3.63, 3.8) is 0 Å². The Labute approximate surface area is 144 Å². The van der Waals surface area contributed by atoms with Crippen LogP contribution in [0.25, 0.3) is 16.6 Å². The molecule has 0 fully saturated rings. The predicted molar refractivity (Wildman–Crippen MR) is 94.4 cm³/mol. The second-order valence-electron chi connectivity index (χ2n) is 5.73. The molecule has 0 saturated carbocycles. The lowest BCUT2D eigenvalue weighted by atomic mass is 10.1. The van der Waals surface area contributed by atoms with E-state index in [4.69, 9.17) is 5.73 Å². The number of nitrogens with zero attached hydrogens (tertiary/aromatic N) is 4. The summed E-state index contributed by atoms with van der Waals surface area (Å²) in [7, 11) is 0. The smallest absolute Gasteiger partial charge is 0.267 e. The minimum atomic E-state index is -0.517. The number of nitrogens with two attached hydrogens (primary N) is 1. The van der Waals surface area contributed by atoms with Crippen molar-refractivity contribution in [3.8, 4) is 5.69 Å². The molecule has 0 atom stereocenters. The number of primary amides is 1. The maximum Gasteiger partial charge on any atom is 0.267 e. The van der Waals surface area contributed by atoms with Crippen molar-refractivity contribution in [2.45, 2.75) is 6.42 Å². The van der Waals surface area contributed by atoms with Gasteiger partial charge in [-0.3, -0.25) is 4.79 Å². The fraction of sp³-hybridized carbons (Fsp3) is 0.0526. The van der Waals surface area contributed by atoms with Crippen LogP contribution in [0.5, 0.6) is 0 Å². The van der Waals surface area contributed by atoms with Crippen molar-refractivity contribution in [1.29, 1.82) is 0 Å². The molecule has 4 aromatic rings. The van der Waals surface area contributed by atoms with E-state index in [-0.39, 0.29) is 0 Å². The Bertz CT molecular complexity index is 1060. The zero-order chi connectivity index (χ0) is 17.2. The van der Waals surface area contributed by atoms with E-state index in [1.165, 1.54) is 6.33 Å². The number of benzene rings is 2. The van der Waals surface area contributed by atoms with Crippen molar-refractivity contribution in [2.75, 3.05) is 0 Å². The monoisotopic (exact) mass is 329 g/mol. The molecule has 6 heteroatoms. The summed E-state index contributed by atoms with van der Waals surface area (Å²) in [5.74, 6) is -0.517. The van der Waals surface area contributed by atoms with E-state index in [0.29, 0.717) is 12.1 Å². The van der Waals surface area contributed by atoms with Crippen LogP contribution < -0.4 is 5.73 Å². The molecule has 122 valence electrons. The van der Waals surface area contributed by atoms with Gasteiger partial charge in [0, 0.05) is 18.0 Å². The molecule has 6 nitrogen and oxygen atoms in total. The van der Waals surface area contributed by atoms with Crippen LogP contribution in [0.15, 0.2) is 67.1 Å². The SMILES string of the molecule is NC(=O)c1cc(Cc2ccccc2)nn1-c1ccc2ncncc2c1. The Morgan fingerprint density at radius 2 is 1.92 bits per heavy atom. The number of carbonyl (C=O) groups is 1. The molecule has 0 spiro atoms. The molecule has 2 N–H and O–H groups in total. The van der Waals surface area contributed by atoms with Crippen LogP contribution in [0.1, 0.15) is 21.7 Å². The van der Waals surface area contributed by atoms with Gasteiger partial charge in [0.05, 0.1) is 16.9 Å². The van der Waals surface area contributed by atoms with Gasteiger partial charge in [-0.2, -0.15) is 5.10 Å². The van der Waals surface area contributed by atoms with E-state index in [0.717, 1.165) is 27.8 Å². The minimum absolute atomic E-state index is 0.349. The lowest BCUT2D eigenvalue weighted by Gasteiger charge is -2.06. The van der Waals surface area contributed by atoms with Gasteiger partial charge >= 0.3 is 0 Å². The zero-order valence-corrected chi connectivity index (χ0v) is 13.3. The highest BCUT2D eigenvalue weighted by molar-refractivity contribution is 5.92. The van der Waals surface area contributed by atoms with E-state index in [1.54, 1.807) is 16.9 Å². The number of fused-ring (bicyclic) bond motifs is 1. The average molecular weight is 329 g/mol. The first-order chi connectivity index (χ1) is 12.2. The molecule has 0 radical (unpaired) electrons. The van der Waals surface area contributed by atoms with Crippen LogP contribution in [-0.2, 0) is 6.42 Å². The summed E-state index contributed by atoms with van der Waals surface area (Å²) in [6, 6.07) is 17.3. The molecule has 1 amide bonds. The van der Waals surface area contributed by atoms with Gasteiger partial charge in [0.1, 0.15) is 12.0 Å². The number of amides is 1. The molecule has 0 unspecified atom stereocenters. The van der Waals surface area contributed by atoms with E-state index in [9.17, 15) is 4.79 Å². The summed E-state index contributed by atoms with van der Waals surface area (Å²) < 4.78 is 1.58. The molecule has 2 aromatic heterocycles. The second kappa shape index (κ2) is 6.16. The van der Waals surface area contributed by atoms with Crippen molar-refractivity contribution < 1.29 is 4.79 Å². The summed E-state index contributed by atoms with van der Waals surface area (Å²) in [4.78, 5) is 20.1. The van der Waals surface area contributed by atoms with Gasteiger partial charge in [-0.1, -0.05) is 30.3 Å². The molecule has 0 saturated heterocycles. The maximum absolute atomic E-state index is 11.9. The standard InChI is InChI=1S/C19H15N5O/c20-19(25)18-10-15(8-13-4-2-1-3-5-13)23-24(18)16-6-7-17-14(9-16)11-21-12-22-17/h1-7,9-12H,8H2,(H2,20,25). The molecule has 25 heavy (non-hydrogen) atoms. The Morgan fingerprint density at radius 3 is 2.72 bits per heavy atom. The first-order valence-electron chi connectivity index (χ1n) is 7.83. The molecule has 0 aliphatic heterocycles. The Morgan fingerprint density at radius 1 is 1.08 bits per heavy atom. The lowest BCUT2D eigenvalue weighted by molar-refractivity contribution is 0.0993. The molecular formula is C19H15N5O. The van der Waals surface area contributed by atoms with Gasteiger partial charge in [-0.25, -0.2) is 14.6 Å². The van der Waals surface area contributed by atoms with Gasteiger partial charge in [0.15, 0.2) is 0 Å². The van der Waals surface area contributed by atoms with Crippen LogP contribution in [-0.4, -0.2) is 25.7 Å². The molecular weight excluding hydrogens is 314 g/mol. The highest BCUT2D eigenvalue weighted by Gasteiger charge is 2.15. The molecule has 0 bridgehead atoms. The van der Waals surface area contributed by atoms with Crippen molar-refractivity contribution in [2.24, 2.45) is 5.73 Å². The summed E-state index contributed by atoms with van der Waals surface area (Å²) >= 11 is 0. The average Bonchev–Trinajstić information content (AvgIpc) is 3.06. The molecule has 0 aliphatic rings. The zero-order valence-electron chi connectivity index (χ0n) is 13.3. The third kappa shape index (κ3) is 2.97. The van der Waals surface area contributed by atoms with E-state index >= 15 is 0 Å². The lowest BCUT2D eigenvalue weighted by Crippen LogP contribution is -2.16. The van der Waals surface area contributed by atoms with Crippen molar-refractivity contribution in [1.82, 2.24) is 19.7 Å². The van der Waals surface area contributed by atoms with Gasteiger partial charge < -0.3 is 5.73 Å². The fourth-order valence-electron chi connectivity index (χ4n) is 2.80. The van der Waals surface area contributed by atoms with Crippen LogP contribution in [0.4, 0.5) is 0 Å². The second-order valence-corrected chi connectivity index (χ2v) is 5.73. The van der Waals surface area contributed by atoms with Gasteiger partial charge in [0.25, 0.3) is 5.91 Å². The van der Waals surface area contributed by atoms with Crippen molar-refractivity contribution in [3.05, 3.63) is 84.1 Å². The number of hydrogen-bond donors (Lipinski definition) is 1. The van der Waals surface area contributed by atoms with E-state index in [1.807, 2.05) is 48.5 Å². The molecule has 4 rings (SSSR count). The molecule has 0 aliphatic carbocycles. The summed E-state index contributed by atoms with van der Waals surface area (Å²) in [5.41, 5.74) is 9.37. The van der Waals surface area contributed by atoms with Crippen LogP contribution in [0, 0.1) is 0 Å². The van der Waals surface area contributed by atoms with Crippen LogP contribution in [0.3, 0.4) is 0 Å². The first kappa shape index (κ1) is 15.0. The highest BCUT2D eigenvalue weighted by Crippen LogP contribution is 2.19. The number of aromatic nitrogens is 4. The summed E-state index contributed by atoms with van der Waals surface area (Å²) in [6.45, 7) is 0. The van der Waals surface area contributed by atoms with Gasteiger partial charge in [-0.15, -0.1) is 0 Å². The Kier molecular flexibility index (Phi) is 3.70. The van der Waals surface area contributed by atoms with Crippen molar-refractivity contribution >= 4 is 16.8 Å². The highest BCUT2D eigenvalue weighted by atomic mass is 16.1. The Balaban J connectivity index is 1.78. The van der Waals surface area contributed by atoms with Crippen LogP contribution >= 0.6 is 0 Å². The number of rotatable bonds is 4. The first-order valence-corrected chi connectivity index (χ1v) is 7.83. The predicted octanol–water partition coefficient (Wildman–Crippen LogP) is 2.51. The quantitative estimate of drug-likeness (QED) is 0.623. The fourth-order valence-corrected chi connectivity index (χ4v) is 2.80. The largest absolute Gasteiger partial charge is 0.364 e. The number of carbonyl (C=O) groups excluding carboxylic acids is 1. The van der Waals surface area contributed by atoms with Gasteiger partial charge in [-0.05, 0) is 29.8 Å². The molecule has 2 aromatic carbocycles. The van der Waals surface area contributed by atoms with Gasteiger partial charge in [0.2, 0.25) is 0 Å². The molecule has 2 heterocycles. The minimum Gasteiger partial charge on any atom is -0.364 e. The van der Waals surface area contributed by atoms with E-state index in [2.05, 4.69) is 15.1 Å². The van der Waals surface area contributed by atoms with Crippen LogP contribution in [0.2, 0.25) is 0 Å². The third-order valence-corrected chi connectivity index (χ3v) is 3.97. The normalized spacial score (nSPS) is 10.9. The summed E-state index contributed by atoms with van der Waals surface area (Å²) in [5, 5.41) is 5.45. The third-order valence-electron chi connectivity index (χ3n) is 3.97. The van der Waals surface area contributed by atoms with E-state index < -0.39 is 5.91 Å². The topological polar surface area (TPSA) is 86.7 Å². The number of hydrogen-bond acceptors (Lipinski definition) is 4. The maximum atomic E-state index is 11.9. The Hall–Kier alpha value is -3.54. The summed E-state index contributed by atoms with van der Waals surface area (Å²) in [6.07, 6.45) is 3.86.